The third kappa shape index (κ3) is 2.19. The fraction of sp³-hybridized carbons (Fsp3) is 0.875. The third-order valence-corrected chi connectivity index (χ3v) is 2.26. The average Bonchev–Trinajstić information content (AvgIpc) is 2.80. The van der Waals surface area contributed by atoms with E-state index in [0.29, 0.717) is 0 Å². The summed E-state index contributed by atoms with van der Waals surface area (Å²) in [5, 5.41) is 20.0. The van der Waals surface area contributed by atoms with Crippen LogP contribution >= 0.6 is 0 Å². The van der Waals surface area contributed by atoms with Crippen molar-refractivity contribution < 1.29 is 15.0 Å². The van der Waals surface area contributed by atoms with Crippen molar-refractivity contribution in [2.45, 2.75) is 25.9 Å². The van der Waals surface area contributed by atoms with Gasteiger partial charge in [-0.05, 0) is 12.8 Å². The lowest BCUT2D eigenvalue weighted by Gasteiger charge is -2.12. The first-order valence-corrected chi connectivity index (χ1v) is 4.16. The van der Waals surface area contributed by atoms with E-state index in [2.05, 4.69) is 5.32 Å². The Labute approximate surface area is 71.6 Å². The van der Waals surface area contributed by atoms with Crippen molar-refractivity contribution in [2.75, 3.05) is 13.2 Å². The van der Waals surface area contributed by atoms with Crippen molar-refractivity contribution in [1.82, 2.24) is 5.32 Å². The highest BCUT2D eigenvalue weighted by atomic mass is 16.3. The molecule has 4 nitrogen and oxygen atoms in total. The summed E-state index contributed by atoms with van der Waals surface area (Å²) in [5.74, 6) is -0.0185. The maximum absolute atomic E-state index is 11.2. The van der Waals surface area contributed by atoms with Gasteiger partial charge in [-0.15, -0.1) is 0 Å². The number of carbonyl (C=O) groups excluding carboxylic acids is 1. The summed E-state index contributed by atoms with van der Waals surface area (Å²) in [6.07, 6.45) is 1.01. The fourth-order valence-electron chi connectivity index (χ4n) is 0.903. The third-order valence-electron chi connectivity index (χ3n) is 2.26. The number of hydrogen-bond donors (Lipinski definition) is 3. The summed E-state index contributed by atoms with van der Waals surface area (Å²) >= 11 is 0. The molecule has 0 unspecified atom stereocenters. The zero-order valence-electron chi connectivity index (χ0n) is 7.21. The second-order valence-electron chi connectivity index (χ2n) is 3.61. The molecule has 70 valence electrons. The van der Waals surface area contributed by atoms with E-state index < -0.39 is 6.10 Å². The van der Waals surface area contributed by atoms with Crippen LogP contribution in [-0.2, 0) is 4.79 Å². The van der Waals surface area contributed by atoms with Crippen molar-refractivity contribution in [3.8, 4) is 0 Å². The maximum atomic E-state index is 11.2. The van der Waals surface area contributed by atoms with E-state index in [4.69, 9.17) is 10.2 Å². The standard InChI is InChI=1S/C8H15NO3/c1-8(2-3-8)7(12)9-4-6(11)5-10/h6,10-11H,2-5H2,1H3,(H,9,12)/t6-/m1/s1. The molecule has 0 aromatic carbocycles. The maximum Gasteiger partial charge on any atom is 0.226 e. The minimum Gasteiger partial charge on any atom is -0.394 e. The largest absolute Gasteiger partial charge is 0.394 e. The quantitative estimate of drug-likeness (QED) is 0.524. The van der Waals surface area contributed by atoms with Crippen LogP contribution < -0.4 is 5.32 Å². The topological polar surface area (TPSA) is 69.6 Å². The lowest BCUT2D eigenvalue weighted by Crippen LogP contribution is -2.37. The Morgan fingerprint density at radius 1 is 1.67 bits per heavy atom. The Hall–Kier alpha value is -0.610. The number of hydrogen-bond acceptors (Lipinski definition) is 3. The van der Waals surface area contributed by atoms with Crippen LogP contribution in [0.1, 0.15) is 19.8 Å². The first-order valence-electron chi connectivity index (χ1n) is 4.16. The lowest BCUT2D eigenvalue weighted by atomic mass is 10.1. The van der Waals surface area contributed by atoms with Crippen LogP contribution in [0.3, 0.4) is 0 Å². The Kier molecular flexibility index (Phi) is 2.69. The number of aliphatic hydroxyl groups excluding tert-OH is 2. The van der Waals surface area contributed by atoms with Gasteiger partial charge in [-0.25, -0.2) is 0 Å². The highest BCUT2D eigenvalue weighted by molar-refractivity contribution is 5.84. The molecule has 1 aliphatic carbocycles. The Morgan fingerprint density at radius 3 is 2.67 bits per heavy atom. The molecular formula is C8H15NO3. The summed E-state index contributed by atoms with van der Waals surface area (Å²) < 4.78 is 0. The monoisotopic (exact) mass is 173 g/mol. The molecule has 0 bridgehead atoms. The molecule has 12 heavy (non-hydrogen) atoms. The Bertz CT molecular complexity index is 177. The van der Waals surface area contributed by atoms with Gasteiger partial charge in [0.25, 0.3) is 0 Å². The summed E-state index contributed by atoms with van der Waals surface area (Å²) in [4.78, 5) is 11.2. The van der Waals surface area contributed by atoms with Gasteiger partial charge >= 0.3 is 0 Å². The van der Waals surface area contributed by atoms with E-state index in [1.165, 1.54) is 0 Å². The molecule has 1 saturated carbocycles. The van der Waals surface area contributed by atoms with E-state index in [0.717, 1.165) is 12.8 Å². The zero-order valence-corrected chi connectivity index (χ0v) is 7.21. The molecule has 0 radical (unpaired) electrons. The molecule has 3 N–H and O–H groups in total. The SMILES string of the molecule is CC1(C(=O)NC[C@@H](O)CO)CC1. The number of aliphatic hydroxyl groups is 2. The first-order chi connectivity index (χ1) is 5.58. The molecule has 1 rings (SSSR count). The van der Waals surface area contributed by atoms with E-state index in [1.807, 2.05) is 6.92 Å². The Balaban J connectivity index is 2.19. The molecule has 1 fully saturated rings. The van der Waals surface area contributed by atoms with E-state index in [9.17, 15) is 4.79 Å². The van der Waals surface area contributed by atoms with Crippen molar-refractivity contribution >= 4 is 5.91 Å². The Morgan fingerprint density at radius 2 is 2.25 bits per heavy atom. The average molecular weight is 173 g/mol. The molecule has 0 saturated heterocycles. The molecule has 0 aliphatic heterocycles. The first kappa shape index (κ1) is 9.48. The number of nitrogens with one attached hydrogen (secondary N) is 1. The zero-order chi connectivity index (χ0) is 9.19. The predicted octanol–water partition coefficient (Wildman–Crippen LogP) is -0.744. The van der Waals surface area contributed by atoms with Gasteiger partial charge in [0, 0.05) is 12.0 Å². The summed E-state index contributed by atoms with van der Waals surface area (Å²) in [5.41, 5.74) is -0.199. The van der Waals surface area contributed by atoms with Crippen LogP contribution in [0.4, 0.5) is 0 Å². The van der Waals surface area contributed by atoms with Gasteiger partial charge in [-0.1, -0.05) is 6.92 Å². The number of carbonyl (C=O) groups is 1. The lowest BCUT2D eigenvalue weighted by molar-refractivity contribution is -0.126. The molecule has 0 aromatic rings. The molecule has 0 heterocycles. The minimum atomic E-state index is -0.837. The van der Waals surface area contributed by atoms with E-state index in [1.54, 1.807) is 0 Å². The van der Waals surface area contributed by atoms with Crippen LogP contribution in [0.5, 0.6) is 0 Å². The molecule has 1 atom stereocenters. The normalized spacial score (nSPS) is 21.6. The van der Waals surface area contributed by atoms with E-state index >= 15 is 0 Å². The fourth-order valence-corrected chi connectivity index (χ4v) is 0.903. The smallest absolute Gasteiger partial charge is 0.226 e. The van der Waals surface area contributed by atoms with E-state index in [-0.39, 0.29) is 24.5 Å². The molecular weight excluding hydrogens is 158 g/mol. The molecule has 0 spiro atoms. The second-order valence-corrected chi connectivity index (χ2v) is 3.61. The van der Waals surface area contributed by atoms with Gasteiger partial charge in [0.2, 0.25) is 5.91 Å². The van der Waals surface area contributed by atoms with Gasteiger partial charge < -0.3 is 15.5 Å². The minimum absolute atomic E-state index is 0.0185. The van der Waals surface area contributed by atoms with Gasteiger partial charge in [0.1, 0.15) is 0 Å². The predicted molar refractivity (Wildman–Crippen MR) is 43.4 cm³/mol. The van der Waals surface area contributed by atoms with Crippen LogP contribution in [0.25, 0.3) is 0 Å². The highest BCUT2D eigenvalue weighted by Gasteiger charge is 2.44. The summed E-state index contributed by atoms with van der Waals surface area (Å²) in [6.45, 7) is 1.73. The van der Waals surface area contributed by atoms with Crippen LogP contribution in [0.2, 0.25) is 0 Å². The molecule has 0 aromatic heterocycles. The van der Waals surface area contributed by atoms with Gasteiger partial charge in [0.15, 0.2) is 0 Å². The van der Waals surface area contributed by atoms with Gasteiger partial charge in [-0.3, -0.25) is 4.79 Å². The van der Waals surface area contributed by atoms with Crippen molar-refractivity contribution in [1.29, 1.82) is 0 Å². The summed E-state index contributed by atoms with van der Waals surface area (Å²) in [6, 6.07) is 0. The summed E-state index contributed by atoms with van der Waals surface area (Å²) in [7, 11) is 0. The van der Waals surface area contributed by atoms with Gasteiger partial charge in [0.05, 0.1) is 12.7 Å². The van der Waals surface area contributed by atoms with Crippen LogP contribution in [0.15, 0.2) is 0 Å². The second kappa shape index (κ2) is 3.41. The van der Waals surface area contributed by atoms with Crippen molar-refractivity contribution in [3.05, 3.63) is 0 Å². The highest BCUT2D eigenvalue weighted by Crippen LogP contribution is 2.44. The number of amides is 1. The number of rotatable bonds is 4. The van der Waals surface area contributed by atoms with Crippen LogP contribution in [0, 0.1) is 5.41 Å². The van der Waals surface area contributed by atoms with Crippen LogP contribution in [-0.4, -0.2) is 35.4 Å². The van der Waals surface area contributed by atoms with Crippen molar-refractivity contribution in [2.24, 2.45) is 5.41 Å². The molecule has 4 heteroatoms. The van der Waals surface area contributed by atoms with Gasteiger partial charge in [-0.2, -0.15) is 0 Å². The molecule has 1 amide bonds. The molecule has 1 aliphatic rings. The van der Waals surface area contributed by atoms with Crippen molar-refractivity contribution in [3.63, 3.8) is 0 Å².